The molecule has 0 saturated carbocycles. The smallest absolute Gasteiger partial charge is 0.409 e. The van der Waals surface area contributed by atoms with E-state index in [0.29, 0.717) is 17.2 Å². The third-order valence-electron chi connectivity index (χ3n) is 3.77. The Kier molecular flexibility index (Phi) is 9.26. The summed E-state index contributed by atoms with van der Waals surface area (Å²) in [5.41, 5.74) is 1.33. The summed E-state index contributed by atoms with van der Waals surface area (Å²) < 4.78 is 17.5. The van der Waals surface area contributed by atoms with E-state index in [2.05, 4.69) is 28.1 Å². The van der Waals surface area contributed by atoms with Gasteiger partial charge in [-0.05, 0) is 42.0 Å². The summed E-state index contributed by atoms with van der Waals surface area (Å²) >= 11 is 3.36. The molecule has 0 radical (unpaired) electrons. The first-order valence-electron chi connectivity index (χ1n) is 9.42. The molecule has 0 aromatic heterocycles. The van der Waals surface area contributed by atoms with E-state index in [4.69, 9.17) is 13.6 Å². The minimum Gasteiger partial charge on any atom is -0.409 e. The minimum atomic E-state index is -1.59. The summed E-state index contributed by atoms with van der Waals surface area (Å²) in [4.78, 5) is 0. The summed E-state index contributed by atoms with van der Waals surface area (Å²) in [5, 5.41) is 0.952. The normalized spacial score (nSPS) is 9.93. The van der Waals surface area contributed by atoms with Crippen LogP contribution in [0.4, 0.5) is 0 Å². The fourth-order valence-electron chi connectivity index (χ4n) is 2.33. The molecule has 4 aromatic rings. The van der Waals surface area contributed by atoms with Crippen molar-refractivity contribution >= 4 is 24.5 Å². The maximum atomic E-state index is 5.84. The zero-order valence-corrected chi connectivity index (χ0v) is 18.8. The average molecular weight is 481 g/mol. The highest BCUT2D eigenvalue weighted by Crippen LogP contribution is 2.41. The molecule has 0 spiro atoms. The van der Waals surface area contributed by atoms with Crippen molar-refractivity contribution in [1.82, 2.24) is 0 Å². The lowest BCUT2D eigenvalue weighted by Gasteiger charge is -2.17. The summed E-state index contributed by atoms with van der Waals surface area (Å²) in [6, 6.07) is 38.8. The second-order valence-corrected chi connectivity index (χ2v) is 7.61. The molecule has 4 rings (SSSR count). The number of halogens is 1. The third-order valence-corrected chi connectivity index (χ3v) is 5.49. The maximum Gasteiger partial charge on any atom is 0.530 e. The molecule has 152 valence electrons. The molecule has 0 N–H and O–H groups in total. The van der Waals surface area contributed by atoms with Crippen LogP contribution in [0.1, 0.15) is 5.56 Å². The van der Waals surface area contributed by atoms with Crippen LogP contribution in [0, 0.1) is 0 Å². The summed E-state index contributed by atoms with van der Waals surface area (Å²) in [5.74, 6) is 2.13. The van der Waals surface area contributed by atoms with Crippen molar-refractivity contribution in [2.75, 3.05) is 0 Å². The van der Waals surface area contributed by atoms with Gasteiger partial charge >= 0.3 is 8.60 Å². The predicted octanol–water partition coefficient (Wildman–Crippen LogP) is 8.03. The predicted molar refractivity (Wildman–Crippen MR) is 127 cm³/mol. The molecule has 0 fully saturated rings. The van der Waals surface area contributed by atoms with Crippen molar-refractivity contribution in [3.05, 3.63) is 127 Å². The van der Waals surface area contributed by atoms with E-state index in [9.17, 15) is 0 Å². The molecule has 4 aromatic carbocycles. The van der Waals surface area contributed by atoms with Crippen LogP contribution in [0.15, 0.2) is 121 Å². The molecule has 0 saturated heterocycles. The zero-order valence-electron chi connectivity index (χ0n) is 16.3. The Morgan fingerprint density at radius 2 is 0.767 bits per heavy atom. The van der Waals surface area contributed by atoms with Crippen molar-refractivity contribution in [2.24, 2.45) is 0 Å². The van der Waals surface area contributed by atoms with Crippen LogP contribution in [0.3, 0.4) is 0 Å². The number of hydrogen-bond donors (Lipinski definition) is 0. The standard InChI is InChI=1S/C18H15O3P.C7H7Br/c1-4-10-16(11-5-1)19-22(20-17-12-6-2-7-13-17)21-18-14-8-3-9-15-18;8-6-7-4-2-1-3-5-7/h1-15H;1-5H,6H2. The van der Waals surface area contributed by atoms with E-state index >= 15 is 0 Å². The largest absolute Gasteiger partial charge is 0.530 e. The van der Waals surface area contributed by atoms with Gasteiger partial charge in [0.25, 0.3) is 0 Å². The summed E-state index contributed by atoms with van der Waals surface area (Å²) in [7, 11) is -1.59. The van der Waals surface area contributed by atoms with Gasteiger partial charge in [-0.25, -0.2) is 0 Å². The van der Waals surface area contributed by atoms with E-state index in [1.54, 1.807) is 0 Å². The highest BCUT2D eigenvalue weighted by molar-refractivity contribution is 9.08. The fourth-order valence-corrected chi connectivity index (χ4v) is 3.69. The van der Waals surface area contributed by atoms with Gasteiger partial charge in [-0.15, -0.1) is 0 Å². The van der Waals surface area contributed by atoms with Gasteiger partial charge in [0.05, 0.1) is 0 Å². The monoisotopic (exact) mass is 480 g/mol. The van der Waals surface area contributed by atoms with Crippen molar-refractivity contribution in [3.8, 4) is 17.2 Å². The molecule has 5 heteroatoms. The molecule has 0 heterocycles. The Labute approximate surface area is 187 Å². The molecule has 0 aliphatic carbocycles. The van der Waals surface area contributed by atoms with E-state index in [0.717, 1.165) is 5.33 Å². The molecule has 0 amide bonds. The second-order valence-electron chi connectivity index (χ2n) is 6.06. The average Bonchev–Trinajstić information content (AvgIpc) is 2.82. The van der Waals surface area contributed by atoms with E-state index in [1.165, 1.54) is 5.56 Å². The topological polar surface area (TPSA) is 27.7 Å². The van der Waals surface area contributed by atoms with Crippen LogP contribution in [0.25, 0.3) is 0 Å². The first-order chi connectivity index (χ1) is 14.8. The van der Waals surface area contributed by atoms with Gasteiger partial charge in [-0.3, -0.25) is 0 Å². The maximum absolute atomic E-state index is 5.84. The molecule has 0 bridgehead atoms. The molecule has 0 atom stereocenters. The summed E-state index contributed by atoms with van der Waals surface area (Å²) in [6.45, 7) is 0. The van der Waals surface area contributed by atoms with Gasteiger partial charge in [0.1, 0.15) is 17.2 Å². The number of alkyl halides is 1. The van der Waals surface area contributed by atoms with E-state index in [-0.39, 0.29) is 0 Å². The second kappa shape index (κ2) is 12.7. The lowest BCUT2D eigenvalue weighted by molar-refractivity contribution is 0.388. The minimum absolute atomic E-state index is 0.709. The molecule has 0 aliphatic heterocycles. The van der Waals surface area contributed by atoms with Crippen LogP contribution < -0.4 is 13.6 Å². The van der Waals surface area contributed by atoms with Crippen LogP contribution in [-0.4, -0.2) is 0 Å². The fraction of sp³-hybridized carbons (Fsp3) is 0.0400. The van der Waals surface area contributed by atoms with E-state index < -0.39 is 8.60 Å². The highest BCUT2D eigenvalue weighted by Gasteiger charge is 2.19. The first kappa shape index (κ1) is 21.9. The lowest BCUT2D eigenvalue weighted by Crippen LogP contribution is -2.02. The van der Waals surface area contributed by atoms with Crippen LogP contribution in [0.2, 0.25) is 0 Å². The van der Waals surface area contributed by atoms with Crippen molar-refractivity contribution < 1.29 is 13.6 Å². The van der Waals surface area contributed by atoms with Crippen LogP contribution in [-0.2, 0) is 5.33 Å². The Balaban J connectivity index is 0.000000269. The number of rotatable bonds is 7. The third kappa shape index (κ3) is 7.90. The van der Waals surface area contributed by atoms with Gasteiger partial charge < -0.3 is 13.6 Å². The van der Waals surface area contributed by atoms with Crippen LogP contribution in [0.5, 0.6) is 17.2 Å². The molecule has 0 unspecified atom stereocenters. The summed E-state index contributed by atoms with van der Waals surface area (Å²) in [6.07, 6.45) is 0. The number of benzene rings is 4. The van der Waals surface area contributed by atoms with Crippen molar-refractivity contribution in [3.63, 3.8) is 0 Å². The van der Waals surface area contributed by atoms with E-state index in [1.807, 2.05) is 109 Å². The Bertz CT molecular complexity index is 856. The van der Waals surface area contributed by atoms with Crippen molar-refractivity contribution in [1.29, 1.82) is 0 Å². The van der Waals surface area contributed by atoms with Gasteiger partial charge in [0, 0.05) is 5.33 Å². The first-order valence-corrected chi connectivity index (χ1v) is 11.6. The van der Waals surface area contributed by atoms with Crippen LogP contribution >= 0.6 is 24.5 Å². The molecular weight excluding hydrogens is 459 g/mol. The molecule has 30 heavy (non-hydrogen) atoms. The Morgan fingerprint density at radius 1 is 0.467 bits per heavy atom. The highest BCUT2D eigenvalue weighted by atomic mass is 79.9. The van der Waals surface area contributed by atoms with Gasteiger partial charge in [-0.1, -0.05) is 101 Å². The molecule has 3 nitrogen and oxygen atoms in total. The SMILES string of the molecule is BrCc1ccccc1.c1ccc(OP(Oc2ccccc2)Oc2ccccc2)cc1. The number of para-hydroxylation sites is 3. The Hall–Kier alpha value is -2.81. The Morgan fingerprint density at radius 3 is 1.03 bits per heavy atom. The molecule has 0 aliphatic rings. The zero-order chi connectivity index (χ0) is 20.9. The van der Waals surface area contributed by atoms with Gasteiger partial charge in [0.2, 0.25) is 0 Å². The lowest BCUT2D eigenvalue weighted by atomic mass is 10.2. The quantitative estimate of drug-likeness (QED) is 0.198. The van der Waals surface area contributed by atoms with Gasteiger partial charge in [0.15, 0.2) is 0 Å². The molecular formula is C25H22BrO3P. The van der Waals surface area contributed by atoms with Gasteiger partial charge in [-0.2, -0.15) is 0 Å². The van der Waals surface area contributed by atoms with Crippen molar-refractivity contribution in [2.45, 2.75) is 5.33 Å². The number of hydrogen-bond acceptors (Lipinski definition) is 3.